The molecule has 1 aromatic rings. The topological polar surface area (TPSA) is 43.0 Å². The number of benzene rings is 1. The Morgan fingerprint density at radius 1 is 1.14 bits per heavy atom. The molecule has 1 saturated heterocycles. The Labute approximate surface area is 133 Å². The van der Waals surface area contributed by atoms with Gasteiger partial charge in [-0.25, -0.2) is 0 Å². The van der Waals surface area contributed by atoms with Crippen LogP contribution in [0.2, 0.25) is 0 Å². The SMILES string of the molecule is Brc1cc2c(cc1CNCCCN1CCOCC1)OCO2. The minimum atomic E-state index is 0.318. The Morgan fingerprint density at radius 3 is 2.71 bits per heavy atom. The van der Waals surface area contributed by atoms with Crippen molar-refractivity contribution in [1.29, 1.82) is 0 Å². The molecule has 5 nitrogen and oxygen atoms in total. The van der Waals surface area contributed by atoms with Gasteiger partial charge in [-0.2, -0.15) is 0 Å². The zero-order valence-corrected chi connectivity index (χ0v) is 13.7. The first kappa shape index (κ1) is 15.1. The van der Waals surface area contributed by atoms with E-state index in [0.717, 1.165) is 68.3 Å². The third kappa shape index (κ3) is 4.10. The normalized spacial score (nSPS) is 18.1. The standard InChI is InChI=1S/C15H21BrN2O3/c16-13-9-15-14(20-11-21-15)8-12(13)10-17-2-1-3-18-4-6-19-7-5-18/h8-9,17H,1-7,10-11H2. The van der Waals surface area contributed by atoms with Gasteiger partial charge in [-0.1, -0.05) is 15.9 Å². The molecule has 1 aromatic carbocycles. The molecular formula is C15H21BrN2O3. The molecule has 0 amide bonds. The van der Waals surface area contributed by atoms with Crippen LogP contribution in [0.25, 0.3) is 0 Å². The van der Waals surface area contributed by atoms with Gasteiger partial charge in [-0.3, -0.25) is 4.90 Å². The number of hydrogen-bond donors (Lipinski definition) is 1. The Bertz CT molecular complexity index is 478. The summed E-state index contributed by atoms with van der Waals surface area (Å²) in [4.78, 5) is 2.46. The molecule has 0 bridgehead atoms. The van der Waals surface area contributed by atoms with Crippen molar-refractivity contribution in [2.24, 2.45) is 0 Å². The molecule has 1 N–H and O–H groups in total. The second kappa shape index (κ2) is 7.45. The first-order valence-electron chi connectivity index (χ1n) is 7.42. The molecule has 6 heteroatoms. The molecule has 0 aliphatic carbocycles. The van der Waals surface area contributed by atoms with Gasteiger partial charge in [0.25, 0.3) is 0 Å². The van der Waals surface area contributed by atoms with Gasteiger partial charge >= 0.3 is 0 Å². The van der Waals surface area contributed by atoms with Gasteiger partial charge in [-0.15, -0.1) is 0 Å². The van der Waals surface area contributed by atoms with E-state index in [9.17, 15) is 0 Å². The lowest BCUT2D eigenvalue weighted by molar-refractivity contribution is 0.0374. The van der Waals surface area contributed by atoms with Gasteiger partial charge < -0.3 is 19.5 Å². The largest absolute Gasteiger partial charge is 0.454 e. The van der Waals surface area contributed by atoms with E-state index in [-0.39, 0.29) is 0 Å². The zero-order valence-electron chi connectivity index (χ0n) is 12.1. The highest BCUT2D eigenvalue weighted by molar-refractivity contribution is 9.10. The summed E-state index contributed by atoms with van der Waals surface area (Å²) in [5, 5.41) is 3.49. The second-order valence-electron chi connectivity index (χ2n) is 5.28. The van der Waals surface area contributed by atoms with E-state index < -0.39 is 0 Å². The number of nitrogens with one attached hydrogen (secondary N) is 1. The van der Waals surface area contributed by atoms with Crippen LogP contribution in [0.4, 0.5) is 0 Å². The average Bonchev–Trinajstić information content (AvgIpc) is 2.95. The maximum Gasteiger partial charge on any atom is 0.231 e. The molecule has 2 aliphatic heterocycles. The highest BCUT2D eigenvalue weighted by Gasteiger charge is 2.16. The van der Waals surface area contributed by atoms with Crippen LogP contribution >= 0.6 is 15.9 Å². The van der Waals surface area contributed by atoms with Crippen LogP contribution in [-0.4, -0.2) is 51.1 Å². The molecule has 0 unspecified atom stereocenters. The van der Waals surface area contributed by atoms with E-state index in [0.29, 0.717) is 6.79 Å². The lowest BCUT2D eigenvalue weighted by Crippen LogP contribution is -2.37. The van der Waals surface area contributed by atoms with Crippen molar-refractivity contribution in [3.05, 3.63) is 22.2 Å². The zero-order chi connectivity index (χ0) is 14.5. The predicted octanol–water partition coefficient (Wildman–Crippen LogP) is 1.99. The summed E-state index contributed by atoms with van der Waals surface area (Å²) in [6, 6.07) is 4.02. The lowest BCUT2D eigenvalue weighted by atomic mass is 10.2. The van der Waals surface area contributed by atoms with Gasteiger partial charge in [-0.05, 0) is 37.2 Å². The van der Waals surface area contributed by atoms with Crippen LogP contribution in [0.5, 0.6) is 11.5 Å². The van der Waals surface area contributed by atoms with Crippen molar-refractivity contribution in [3.63, 3.8) is 0 Å². The summed E-state index contributed by atoms with van der Waals surface area (Å²) in [5.41, 5.74) is 1.20. The number of hydrogen-bond acceptors (Lipinski definition) is 5. The van der Waals surface area contributed by atoms with Crippen LogP contribution in [-0.2, 0) is 11.3 Å². The van der Waals surface area contributed by atoms with Crippen molar-refractivity contribution in [1.82, 2.24) is 10.2 Å². The van der Waals surface area contributed by atoms with Crippen molar-refractivity contribution in [2.45, 2.75) is 13.0 Å². The van der Waals surface area contributed by atoms with Crippen LogP contribution < -0.4 is 14.8 Å². The van der Waals surface area contributed by atoms with Crippen molar-refractivity contribution in [2.75, 3.05) is 46.2 Å². The maximum atomic E-state index is 5.41. The molecule has 2 aliphatic rings. The number of nitrogens with zero attached hydrogens (tertiary/aromatic N) is 1. The van der Waals surface area contributed by atoms with E-state index >= 15 is 0 Å². The number of halogens is 1. The average molecular weight is 357 g/mol. The third-order valence-electron chi connectivity index (χ3n) is 3.79. The van der Waals surface area contributed by atoms with Crippen molar-refractivity contribution >= 4 is 15.9 Å². The molecule has 2 heterocycles. The van der Waals surface area contributed by atoms with Crippen molar-refractivity contribution < 1.29 is 14.2 Å². The summed E-state index contributed by atoms with van der Waals surface area (Å²) in [7, 11) is 0. The molecular weight excluding hydrogens is 336 g/mol. The lowest BCUT2D eigenvalue weighted by Gasteiger charge is -2.26. The fourth-order valence-electron chi connectivity index (χ4n) is 2.57. The highest BCUT2D eigenvalue weighted by atomic mass is 79.9. The fraction of sp³-hybridized carbons (Fsp3) is 0.600. The van der Waals surface area contributed by atoms with E-state index in [4.69, 9.17) is 14.2 Å². The highest BCUT2D eigenvalue weighted by Crippen LogP contribution is 2.36. The first-order chi connectivity index (χ1) is 10.3. The van der Waals surface area contributed by atoms with E-state index in [1.165, 1.54) is 5.56 Å². The molecule has 0 radical (unpaired) electrons. The Balaban J connectivity index is 1.39. The fourth-order valence-corrected chi connectivity index (χ4v) is 3.03. The molecule has 0 saturated carbocycles. The molecule has 0 aromatic heterocycles. The summed E-state index contributed by atoms with van der Waals surface area (Å²) in [6.45, 7) is 7.17. The van der Waals surface area contributed by atoms with Gasteiger partial charge in [0.05, 0.1) is 13.2 Å². The van der Waals surface area contributed by atoms with E-state index in [1.54, 1.807) is 0 Å². The summed E-state index contributed by atoms with van der Waals surface area (Å²) in [6.07, 6.45) is 1.15. The molecule has 1 fully saturated rings. The predicted molar refractivity (Wildman–Crippen MR) is 83.8 cm³/mol. The summed E-state index contributed by atoms with van der Waals surface area (Å²) < 4.78 is 17.2. The molecule has 3 rings (SSSR count). The number of rotatable bonds is 6. The Morgan fingerprint density at radius 2 is 1.90 bits per heavy atom. The summed E-state index contributed by atoms with van der Waals surface area (Å²) >= 11 is 3.58. The molecule has 0 atom stereocenters. The van der Waals surface area contributed by atoms with Gasteiger partial charge in [0.1, 0.15) is 0 Å². The molecule has 21 heavy (non-hydrogen) atoms. The van der Waals surface area contributed by atoms with Gasteiger partial charge in [0, 0.05) is 24.1 Å². The van der Waals surface area contributed by atoms with Gasteiger partial charge in [0.2, 0.25) is 6.79 Å². The van der Waals surface area contributed by atoms with Crippen LogP contribution in [0.3, 0.4) is 0 Å². The summed E-state index contributed by atoms with van der Waals surface area (Å²) in [5.74, 6) is 1.65. The van der Waals surface area contributed by atoms with E-state index in [2.05, 4.69) is 26.1 Å². The Hall–Kier alpha value is -0.820. The minimum absolute atomic E-state index is 0.318. The van der Waals surface area contributed by atoms with Crippen LogP contribution in [0.1, 0.15) is 12.0 Å². The number of ether oxygens (including phenoxy) is 3. The second-order valence-corrected chi connectivity index (χ2v) is 6.14. The van der Waals surface area contributed by atoms with E-state index in [1.807, 2.05) is 12.1 Å². The quantitative estimate of drug-likeness (QED) is 0.789. The molecule has 116 valence electrons. The third-order valence-corrected chi connectivity index (χ3v) is 4.53. The van der Waals surface area contributed by atoms with Crippen LogP contribution in [0, 0.1) is 0 Å². The molecule has 0 spiro atoms. The Kier molecular flexibility index (Phi) is 5.35. The first-order valence-corrected chi connectivity index (χ1v) is 8.21. The number of morpholine rings is 1. The number of fused-ring (bicyclic) bond motifs is 1. The van der Waals surface area contributed by atoms with Crippen LogP contribution in [0.15, 0.2) is 16.6 Å². The monoisotopic (exact) mass is 356 g/mol. The smallest absolute Gasteiger partial charge is 0.231 e. The minimum Gasteiger partial charge on any atom is -0.454 e. The van der Waals surface area contributed by atoms with Gasteiger partial charge in [0.15, 0.2) is 11.5 Å². The maximum absolute atomic E-state index is 5.41. The van der Waals surface area contributed by atoms with Crippen molar-refractivity contribution in [3.8, 4) is 11.5 Å².